The topological polar surface area (TPSA) is 75.1 Å². The van der Waals surface area contributed by atoms with Crippen LogP contribution in [0.5, 0.6) is 0 Å². The third-order valence-corrected chi connectivity index (χ3v) is 3.06. The Labute approximate surface area is 114 Å². The minimum Gasteiger partial charge on any atom is -0.481 e. The lowest BCUT2D eigenvalue weighted by Gasteiger charge is -2.15. The quantitative estimate of drug-likeness (QED) is 0.793. The highest BCUT2D eigenvalue weighted by Gasteiger charge is 2.11. The summed E-state index contributed by atoms with van der Waals surface area (Å²) in [4.78, 5) is 19.3. The summed E-state index contributed by atoms with van der Waals surface area (Å²) >= 11 is 0. The monoisotopic (exact) mass is 265 g/mol. The Bertz CT molecular complexity index is 414. The summed E-state index contributed by atoms with van der Waals surface area (Å²) < 4.78 is 0. The van der Waals surface area contributed by atoms with Crippen molar-refractivity contribution in [3.8, 4) is 0 Å². The number of aliphatic carboxylic acids is 1. The summed E-state index contributed by atoms with van der Waals surface area (Å²) in [6.07, 6.45) is 2.54. The average Bonchev–Trinajstić information content (AvgIpc) is 2.26. The molecule has 0 aromatic carbocycles. The van der Waals surface area contributed by atoms with Gasteiger partial charge in [-0.25, -0.2) is 9.97 Å². The number of nitrogens with one attached hydrogen (secondary N) is 1. The van der Waals surface area contributed by atoms with Gasteiger partial charge < -0.3 is 10.4 Å². The van der Waals surface area contributed by atoms with Crippen LogP contribution in [0.3, 0.4) is 0 Å². The Morgan fingerprint density at radius 3 is 2.58 bits per heavy atom. The van der Waals surface area contributed by atoms with Crippen molar-refractivity contribution in [1.82, 2.24) is 9.97 Å². The zero-order valence-corrected chi connectivity index (χ0v) is 12.1. The molecule has 5 heteroatoms. The second-order valence-corrected chi connectivity index (χ2v) is 5.16. The van der Waals surface area contributed by atoms with Crippen LogP contribution in [0.1, 0.15) is 44.6 Å². The Hall–Kier alpha value is -1.65. The van der Waals surface area contributed by atoms with Crippen LogP contribution in [-0.2, 0) is 4.79 Å². The van der Waals surface area contributed by atoms with Crippen molar-refractivity contribution >= 4 is 11.8 Å². The average molecular weight is 265 g/mol. The fraction of sp³-hybridized carbons (Fsp3) is 0.643. The number of anilines is 1. The van der Waals surface area contributed by atoms with Crippen LogP contribution >= 0.6 is 0 Å². The van der Waals surface area contributed by atoms with E-state index in [4.69, 9.17) is 5.11 Å². The van der Waals surface area contributed by atoms with Gasteiger partial charge in [-0.05, 0) is 33.6 Å². The first kappa shape index (κ1) is 15.4. The van der Waals surface area contributed by atoms with Crippen LogP contribution in [0.2, 0.25) is 0 Å². The molecular weight excluding hydrogens is 242 g/mol. The number of hydrogen-bond acceptors (Lipinski definition) is 4. The van der Waals surface area contributed by atoms with Crippen molar-refractivity contribution in [3.63, 3.8) is 0 Å². The SMILES string of the molecule is Cc1cc(NC(C)CCCC(C)C(=O)O)nc(C)n1. The number of aryl methyl sites for hydroxylation is 2. The number of aromatic nitrogens is 2. The van der Waals surface area contributed by atoms with E-state index in [9.17, 15) is 4.79 Å². The maximum absolute atomic E-state index is 10.7. The first-order valence-electron chi connectivity index (χ1n) is 6.70. The van der Waals surface area contributed by atoms with Crippen LogP contribution in [0, 0.1) is 19.8 Å². The molecule has 1 rings (SSSR count). The van der Waals surface area contributed by atoms with Crippen molar-refractivity contribution in [2.45, 2.75) is 53.0 Å². The van der Waals surface area contributed by atoms with Gasteiger partial charge in [0.1, 0.15) is 11.6 Å². The third kappa shape index (κ3) is 5.68. The van der Waals surface area contributed by atoms with Crippen LogP contribution in [0.25, 0.3) is 0 Å². The predicted octanol–water partition coefficient (Wildman–Crippen LogP) is 2.78. The molecule has 19 heavy (non-hydrogen) atoms. The maximum atomic E-state index is 10.7. The van der Waals surface area contributed by atoms with Gasteiger partial charge in [0, 0.05) is 17.8 Å². The highest BCUT2D eigenvalue weighted by atomic mass is 16.4. The van der Waals surface area contributed by atoms with Crippen molar-refractivity contribution in [1.29, 1.82) is 0 Å². The third-order valence-electron chi connectivity index (χ3n) is 3.06. The molecule has 2 atom stereocenters. The van der Waals surface area contributed by atoms with Gasteiger partial charge in [0.15, 0.2) is 0 Å². The van der Waals surface area contributed by atoms with Gasteiger partial charge in [-0.1, -0.05) is 13.3 Å². The van der Waals surface area contributed by atoms with E-state index in [0.29, 0.717) is 6.42 Å². The predicted molar refractivity (Wildman–Crippen MR) is 75.2 cm³/mol. The summed E-state index contributed by atoms with van der Waals surface area (Å²) in [6, 6.07) is 2.19. The Kier molecular flexibility index (Phi) is 5.73. The summed E-state index contributed by atoms with van der Waals surface area (Å²) in [5, 5.41) is 12.1. The Morgan fingerprint density at radius 2 is 2.00 bits per heavy atom. The van der Waals surface area contributed by atoms with Gasteiger partial charge in [-0.15, -0.1) is 0 Å². The fourth-order valence-corrected chi connectivity index (χ4v) is 1.97. The number of rotatable bonds is 7. The smallest absolute Gasteiger partial charge is 0.306 e. The molecule has 1 heterocycles. The van der Waals surface area contributed by atoms with Crippen LogP contribution in [0.15, 0.2) is 6.07 Å². The molecule has 0 spiro atoms. The van der Waals surface area contributed by atoms with E-state index in [1.165, 1.54) is 0 Å². The van der Waals surface area contributed by atoms with Gasteiger partial charge in [0.2, 0.25) is 0 Å². The van der Waals surface area contributed by atoms with Crippen molar-refractivity contribution < 1.29 is 9.90 Å². The largest absolute Gasteiger partial charge is 0.481 e. The van der Waals surface area contributed by atoms with Gasteiger partial charge >= 0.3 is 5.97 Å². The fourth-order valence-electron chi connectivity index (χ4n) is 1.97. The number of carboxylic acid groups (broad SMARTS) is 1. The van der Waals surface area contributed by atoms with E-state index >= 15 is 0 Å². The Balaban J connectivity index is 2.38. The van der Waals surface area contributed by atoms with E-state index in [0.717, 1.165) is 30.2 Å². The van der Waals surface area contributed by atoms with Crippen LogP contribution in [0.4, 0.5) is 5.82 Å². The zero-order chi connectivity index (χ0) is 14.4. The lowest BCUT2D eigenvalue weighted by Crippen LogP contribution is -2.17. The molecule has 5 nitrogen and oxygen atoms in total. The molecule has 0 radical (unpaired) electrons. The minimum absolute atomic E-state index is 0.268. The molecule has 0 fully saturated rings. The lowest BCUT2D eigenvalue weighted by molar-refractivity contribution is -0.141. The van der Waals surface area contributed by atoms with E-state index in [2.05, 4.69) is 22.2 Å². The minimum atomic E-state index is -0.720. The molecule has 1 aromatic rings. The molecule has 0 amide bonds. The van der Waals surface area contributed by atoms with Gasteiger partial charge in [-0.2, -0.15) is 0 Å². The Morgan fingerprint density at radius 1 is 1.32 bits per heavy atom. The summed E-state index contributed by atoms with van der Waals surface area (Å²) in [5.74, 6) is 0.608. The summed E-state index contributed by atoms with van der Waals surface area (Å²) in [7, 11) is 0. The van der Waals surface area contributed by atoms with E-state index < -0.39 is 5.97 Å². The normalized spacial score (nSPS) is 13.9. The van der Waals surface area contributed by atoms with Crippen molar-refractivity contribution in [2.75, 3.05) is 5.32 Å². The van der Waals surface area contributed by atoms with Crippen LogP contribution < -0.4 is 5.32 Å². The van der Waals surface area contributed by atoms with E-state index in [1.54, 1.807) is 6.92 Å². The van der Waals surface area contributed by atoms with Gasteiger partial charge in [0.05, 0.1) is 5.92 Å². The van der Waals surface area contributed by atoms with Gasteiger partial charge in [-0.3, -0.25) is 4.79 Å². The molecule has 2 unspecified atom stereocenters. The second-order valence-electron chi connectivity index (χ2n) is 5.16. The molecule has 106 valence electrons. The molecule has 0 aliphatic rings. The standard InChI is InChI=1S/C14H23N3O2/c1-9(14(18)19)6-5-7-10(2)16-13-8-11(3)15-12(4)17-13/h8-10H,5-7H2,1-4H3,(H,18,19)(H,15,16,17). The maximum Gasteiger partial charge on any atom is 0.306 e. The summed E-state index contributed by atoms with van der Waals surface area (Å²) in [5.41, 5.74) is 0.946. The lowest BCUT2D eigenvalue weighted by atomic mass is 10.0. The highest BCUT2D eigenvalue weighted by molar-refractivity contribution is 5.69. The van der Waals surface area contributed by atoms with Crippen molar-refractivity contribution in [3.05, 3.63) is 17.6 Å². The molecular formula is C14H23N3O2. The molecule has 1 aromatic heterocycles. The number of nitrogens with zero attached hydrogens (tertiary/aromatic N) is 2. The van der Waals surface area contributed by atoms with E-state index in [-0.39, 0.29) is 12.0 Å². The summed E-state index contributed by atoms with van der Waals surface area (Å²) in [6.45, 7) is 7.65. The molecule has 2 N–H and O–H groups in total. The van der Waals surface area contributed by atoms with Gasteiger partial charge in [0.25, 0.3) is 0 Å². The molecule has 0 bridgehead atoms. The molecule has 0 aliphatic carbocycles. The first-order valence-corrected chi connectivity index (χ1v) is 6.70. The molecule has 0 saturated heterocycles. The van der Waals surface area contributed by atoms with Crippen molar-refractivity contribution in [2.24, 2.45) is 5.92 Å². The molecule has 0 aliphatic heterocycles. The number of carbonyl (C=O) groups is 1. The first-order chi connectivity index (χ1) is 8.88. The molecule has 0 saturated carbocycles. The zero-order valence-electron chi connectivity index (χ0n) is 12.1. The highest BCUT2D eigenvalue weighted by Crippen LogP contribution is 2.13. The second kappa shape index (κ2) is 7.07. The van der Waals surface area contributed by atoms with Crippen LogP contribution in [-0.4, -0.2) is 27.1 Å². The van der Waals surface area contributed by atoms with E-state index in [1.807, 2.05) is 19.9 Å². The number of carboxylic acids is 1. The number of hydrogen-bond donors (Lipinski definition) is 2.